The Hall–Kier alpha value is -3.97. The van der Waals surface area contributed by atoms with E-state index in [0.717, 1.165) is 40.8 Å². The molecule has 7 nitrogen and oxygen atoms in total. The normalized spacial score (nSPS) is 12.2. The molecule has 0 aliphatic rings. The zero-order valence-corrected chi connectivity index (χ0v) is 18.5. The lowest BCUT2D eigenvalue weighted by Crippen LogP contribution is -2.37. The Kier molecular flexibility index (Phi) is 7.12. The van der Waals surface area contributed by atoms with E-state index in [1.54, 1.807) is 12.3 Å². The molecule has 1 unspecified atom stereocenters. The van der Waals surface area contributed by atoms with Crippen LogP contribution >= 0.6 is 0 Å². The Morgan fingerprint density at radius 1 is 1.12 bits per heavy atom. The van der Waals surface area contributed by atoms with Crippen molar-refractivity contribution in [3.8, 4) is 0 Å². The molecule has 7 heteroatoms. The zero-order chi connectivity index (χ0) is 23.0. The summed E-state index contributed by atoms with van der Waals surface area (Å²) in [5.41, 5.74) is 4.62. The predicted molar refractivity (Wildman–Crippen MR) is 132 cm³/mol. The molecule has 1 atom stereocenters. The van der Waals surface area contributed by atoms with E-state index in [1.165, 1.54) is 0 Å². The Labute approximate surface area is 192 Å². The third-order valence-electron chi connectivity index (χ3n) is 5.34. The number of hydrogen-bond acceptors (Lipinski definition) is 5. The van der Waals surface area contributed by atoms with Crippen LogP contribution in [0.3, 0.4) is 0 Å². The van der Waals surface area contributed by atoms with Gasteiger partial charge in [0.15, 0.2) is 0 Å². The van der Waals surface area contributed by atoms with Gasteiger partial charge in [0.1, 0.15) is 0 Å². The number of nitrogens with zero attached hydrogens (tertiary/aromatic N) is 2. The van der Waals surface area contributed by atoms with Gasteiger partial charge in [0.2, 0.25) is 0 Å². The van der Waals surface area contributed by atoms with Crippen LogP contribution in [0.4, 0.5) is 11.4 Å². The number of nitrogens with one attached hydrogen (secondary N) is 3. The molecule has 0 aliphatic heterocycles. The van der Waals surface area contributed by atoms with Crippen LogP contribution in [0.1, 0.15) is 41.5 Å². The molecule has 33 heavy (non-hydrogen) atoms. The average Bonchev–Trinajstić information content (AvgIpc) is 3.25. The van der Waals surface area contributed by atoms with Crippen molar-refractivity contribution in [2.45, 2.75) is 25.8 Å². The molecular weight excluding hydrogens is 414 g/mol. The fourth-order valence-corrected chi connectivity index (χ4v) is 3.65. The minimum atomic E-state index is -0.255. The highest BCUT2D eigenvalue weighted by Gasteiger charge is 2.15. The third-order valence-corrected chi connectivity index (χ3v) is 5.34. The summed E-state index contributed by atoms with van der Waals surface area (Å²) in [4.78, 5) is 17.1. The molecule has 1 amide bonds. The van der Waals surface area contributed by atoms with E-state index < -0.39 is 0 Å². The number of H-pyrrole nitrogens is 1. The van der Waals surface area contributed by atoms with Gasteiger partial charge in [0.05, 0.1) is 40.8 Å². The molecule has 4 aromatic rings. The summed E-state index contributed by atoms with van der Waals surface area (Å²) in [6.45, 7) is 1.94. The number of para-hydroxylation sites is 1. The number of aromatic nitrogens is 3. The second kappa shape index (κ2) is 10.6. The van der Waals surface area contributed by atoms with Crippen LogP contribution in [-0.2, 0) is 0 Å². The van der Waals surface area contributed by atoms with Crippen LogP contribution in [0, 0.1) is 0 Å². The van der Waals surface area contributed by atoms with Gasteiger partial charge >= 0.3 is 0 Å². The Morgan fingerprint density at radius 2 is 1.97 bits per heavy atom. The molecular formula is C26H27N5O2. The first kappa shape index (κ1) is 22.2. The van der Waals surface area contributed by atoms with Gasteiger partial charge in [-0.05, 0) is 61.0 Å². The number of pyridine rings is 1. The standard InChI is InChI=1S/C26H27N5O2/c1-2-7-20(17-32)29-26(33)22-9-3-4-10-23(22)28-19-11-13-21-24(30-31-25(21)16-19)14-12-18-8-5-6-15-27-18/h3-6,8-16,20,28,32H,2,7,17H2,1H3,(H,29,33)(H,30,31)/b14-12+. The number of aromatic amines is 1. The highest BCUT2D eigenvalue weighted by Crippen LogP contribution is 2.26. The fourth-order valence-electron chi connectivity index (χ4n) is 3.65. The lowest BCUT2D eigenvalue weighted by Gasteiger charge is -2.17. The monoisotopic (exact) mass is 441 g/mol. The molecule has 0 fully saturated rings. The number of hydrogen-bond donors (Lipinski definition) is 4. The molecule has 0 aliphatic carbocycles. The van der Waals surface area contributed by atoms with E-state index in [2.05, 4.69) is 25.8 Å². The van der Waals surface area contributed by atoms with Crippen molar-refractivity contribution < 1.29 is 9.90 Å². The number of fused-ring (bicyclic) bond motifs is 1. The molecule has 168 valence electrons. The summed E-state index contributed by atoms with van der Waals surface area (Å²) in [5.74, 6) is -0.213. The second-order valence-corrected chi connectivity index (χ2v) is 7.77. The van der Waals surface area contributed by atoms with E-state index in [4.69, 9.17) is 0 Å². The number of benzene rings is 2. The van der Waals surface area contributed by atoms with E-state index >= 15 is 0 Å². The minimum absolute atomic E-state index is 0.0806. The Morgan fingerprint density at radius 3 is 2.76 bits per heavy atom. The first-order valence-electron chi connectivity index (χ1n) is 11.0. The van der Waals surface area contributed by atoms with Crippen LogP contribution in [0.5, 0.6) is 0 Å². The van der Waals surface area contributed by atoms with Gasteiger partial charge in [-0.2, -0.15) is 5.10 Å². The van der Waals surface area contributed by atoms with Crippen LogP contribution < -0.4 is 10.6 Å². The van der Waals surface area contributed by atoms with Crippen molar-refractivity contribution in [3.05, 3.63) is 83.8 Å². The summed E-state index contributed by atoms with van der Waals surface area (Å²) < 4.78 is 0. The van der Waals surface area contributed by atoms with Crippen molar-refractivity contribution in [3.63, 3.8) is 0 Å². The van der Waals surface area contributed by atoms with Crippen molar-refractivity contribution in [2.24, 2.45) is 0 Å². The number of carbonyl (C=O) groups excluding carboxylic acids is 1. The SMILES string of the molecule is CCCC(CO)NC(=O)c1ccccc1Nc1ccc2c(/C=C/c3ccccn3)n[nH]c2c1. The summed E-state index contributed by atoms with van der Waals surface area (Å²) in [5, 5.41) is 24.2. The Balaban J connectivity index is 1.53. The highest BCUT2D eigenvalue weighted by molar-refractivity contribution is 6.01. The molecule has 0 saturated heterocycles. The first-order valence-corrected chi connectivity index (χ1v) is 11.0. The molecule has 0 spiro atoms. The lowest BCUT2D eigenvalue weighted by molar-refractivity contribution is 0.0914. The van der Waals surface area contributed by atoms with Crippen molar-refractivity contribution >= 4 is 40.3 Å². The smallest absolute Gasteiger partial charge is 0.253 e. The second-order valence-electron chi connectivity index (χ2n) is 7.77. The van der Waals surface area contributed by atoms with Crippen molar-refractivity contribution in [2.75, 3.05) is 11.9 Å². The maximum Gasteiger partial charge on any atom is 0.253 e. The van der Waals surface area contributed by atoms with Gasteiger partial charge in [0.25, 0.3) is 5.91 Å². The number of carbonyl (C=O) groups is 1. The van der Waals surface area contributed by atoms with Gasteiger partial charge in [-0.15, -0.1) is 0 Å². The summed E-state index contributed by atoms with van der Waals surface area (Å²) >= 11 is 0. The minimum Gasteiger partial charge on any atom is -0.394 e. The maximum atomic E-state index is 12.8. The molecule has 0 radical (unpaired) electrons. The number of rotatable bonds is 9. The average molecular weight is 442 g/mol. The van der Waals surface area contributed by atoms with Crippen LogP contribution in [0.15, 0.2) is 66.9 Å². The fraction of sp³-hybridized carbons (Fsp3) is 0.192. The van der Waals surface area contributed by atoms with Gasteiger partial charge in [-0.1, -0.05) is 31.5 Å². The quantitative estimate of drug-likeness (QED) is 0.300. The predicted octanol–water partition coefficient (Wildman–Crippen LogP) is 4.76. The summed E-state index contributed by atoms with van der Waals surface area (Å²) in [6.07, 6.45) is 7.23. The first-order chi connectivity index (χ1) is 16.2. The van der Waals surface area contributed by atoms with Crippen molar-refractivity contribution in [1.82, 2.24) is 20.5 Å². The van der Waals surface area contributed by atoms with Gasteiger partial charge in [0, 0.05) is 17.3 Å². The molecule has 4 rings (SSSR count). The largest absolute Gasteiger partial charge is 0.394 e. The number of aliphatic hydroxyl groups is 1. The highest BCUT2D eigenvalue weighted by atomic mass is 16.3. The van der Waals surface area contributed by atoms with Gasteiger partial charge in [-0.3, -0.25) is 14.9 Å². The molecule has 0 bridgehead atoms. The molecule has 2 heterocycles. The lowest BCUT2D eigenvalue weighted by atomic mass is 10.1. The molecule has 2 aromatic heterocycles. The summed E-state index contributed by atoms with van der Waals surface area (Å²) in [6, 6.07) is 18.8. The van der Waals surface area contributed by atoms with Gasteiger partial charge < -0.3 is 15.7 Å². The molecule has 4 N–H and O–H groups in total. The van der Waals surface area contributed by atoms with Crippen LogP contribution in [0.25, 0.3) is 23.1 Å². The van der Waals surface area contributed by atoms with Crippen molar-refractivity contribution in [1.29, 1.82) is 0 Å². The van der Waals surface area contributed by atoms with Crippen LogP contribution in [0.2, 0.25) is 0 Å². The summed E-state index contributed by atoms with van der Waals surface area (Å²) in [7, 11) is 0. The molecule has 2 aromatic carbocycles. The van der Waals surface area contributed by atoms with E-state index in [-0.39, 0.29) is 18.6 Å². The maximum absolute atomic E-state index is 12.8. The number of aliphatic hydroxyl groups excluding tert-OH is 1. The number of amides is 1. The zero-order valence-electron chi connectivity index (χ0n) is 18.5. The Bertz CT molecular complexity index is 1250. The third kappa shape index (κ3) is 5.45. The van der Waals surface area contributed by atoms with E-state index in [0.29, 0.717) is 11.3 Å². The van der Waals surface area contributed by atoms with Gasteiger partial charge in [-0.25, -0.2) is 0 Å². The molecule has 0 saturated carbocycles. The van der Waals surface area contributed by atoms with Crippen LogP contribution in [-0.4, -0.2) is 38.8 Å². The topological polar surface area (TPSA) is 103 Å². The van der Waals surface area contributed by atoms with E-state index in [1.807, 2.05) is 73.7 Å². The number of anilines is 2. The van der Waals surface area contributed by atoms with E-state index in [9.17, 15) is 9.90 Å².